The van der Waals surface area contributed by atoms with E-state index in [2.05, 4.69) is 44.5 Å². The summed E-state index contributed by atoms with van der Waals surface area (Å²) in [7, 11) is 2.08. The van der Waals surface area contributed by atoms with E-state index in [1.54, 1.807) is 11.8 Å². The number of pyridine rings is 1. The summed E-state index contributed by atoms with van der Waals surface area (Å²) in [6, 6.07) is 5.99. The number of nitrogen functional groups attached to an aromatic ring is 1. The van der Waals surface area contributed by atoms with E-state index in [0.717, 1.165) is 49.0 Å². The number of hydrogen-bond donors (Lipinski definition) is 1. The van der Waals surface area contributed by atoms with Gasteiger partial charge in [-0.15, -0.1) is 11.3 Å². The van der Waals surface area contributed by atoms with Gasteiger partial charge in [-0.3, -0.25) is 4.79 Å². The third-order valence-electron chi connectivity index (χ3n) is 8.59. The van der Waals surface area contributed by atoms with Crippen molar-refractivity contribution in [1.29, 1.82) is 5.26 Å². The highest BCUT2D eigenvalue weighted by atomic mass is 32.1. The second-order valence-corrected chi connectivity index (χ2v) is 12.7. The van der Waals surface area contributed by atoms with Crippen LogP contribution in [-0.2, 0) is 16.6 Å². The van der Waals surface area contributed by atoms with Crippen LogP contribution >= 0.6 is 11.3 Å². The Morgan fingerprint density at radius 2 is 1.84 bits per heavy atom. The van der Waals surface area contributed by atoms with Gasteiger partial charge < -0.3 is 29.9 Å². The number of carbonyl (C=O) groups is 1. The summed E-state index contributed by atoms with van der Waals surface area (Å²) in [6.07, 6.45) is 0.251. The van der Waals surface area contributed by atoms with Crippen molar-refractivity contribution in [1.82, 2.24) is 24.9 Å². The maximum atomic E-state index is 15.0. The van der Waals surface area contributed by atoms with Crippen LogP contribution in [0.3, 0.4) is 0 Å². The van der Waals surface area contributed by atoms with Crippen molar-refractivity contribution in [2.45, 2.75) is 31.1 Å². The zero-order chi connectivity index (χ0) is 30.5. The molecule has 1 unspecified atom stereocenters. The molecule has 2 fully saturated rings. The molecule has 2 aliphatic heterocycles. The number of carbonyl (C=O) groups excluding carboxylic acids is 1. The molecule has 11 nitrogen and oxygen atoms in total. The van der Waals surface area contributed by atoms with Crippen LogP contribution in [0, 0.1) is 11.3 Å². The quantitative estimate of drug-likeness (QED) is 0.431. The number of nitrogens with two attached hydrogens (primary N) is 1. The second kappa shape index (κ2) is 10.9. The molecule has 1 atom stereocenters. The molecule has 2 saturated heterocycles. The number of likely N-dealkylation sites (N-methyl/N-ethyl adjacent to an activating group) is 1. The van der Waals surface area contributed by atoms with Gasteiger partial charge in [-0.2, -0.15) is 10.2 Å². The Hall–Kier alpha value is -4.09. The molecule has 14 heteroatoms. The molecule has 1 aliphatic carbocycles. The molecule has 0 bridgehead atoms. The summed E-state index contributed by atoms with van der Waals surface area (Å²) in [5, 5.41) is 14.2. The summed E-state index contributed by atoms with van der Waals surface area (Å²) in [5.74, 6) is -2.22. The number of halogens is 2. The van der Waals surface area contributed by atoms with Gasteiger partial charge in [0.15, 0.2) is 0 Å². The van der Waals surface area contributed by atoms with Crippen LogP contribution in [0.25, 0.3) is 11.5 Å². The van der Waals surface area contributed by atoms with Crippen molar-refractivity contribution in [2.75, 3.05) is 74.9 Å². The minimum absolute atomic E-state index is 0.0117. The van der Waals surface area contributed by atoms with E-state index in [9.17, 15) is 10.1 Å². The highest BCUT2D eigenvalue weighted by Crippen LogP contribution is 2.52. The first-order valence-electron chi connectivity index (χ1n) is 14.2. The summed E-state index contributed by atoms with van der Waals surface area (Å²) in [6.45, 7) is 10.9. The first-order chi connectivity index (χ1) is 20.5. The van der Waals surface area contributed by atoms with Crippen molar-refractivity contribution < 1.29 is 18.1 Å². The van der Waals surface area contributed by atoms with Crippen LogP contribution < -0.4 is 15.5 Å². The number of rotatable bonds is 5. The number of alkyl halides is 2. The maximum Gasteiger partial charge on any atom is 0.254 e. The second-order valence-electron chi connectivity index (χ2n) is 11.6. The zero-order valence-corrected chi connectivity index (χ0v) is 25.0. The first-order valence-corrected chi connectivity index (χ1v) is 15.0. The van der Waals surface area contributed by atoms with Crippen molar-refractivity contribution in [3.05, 3.63) is 46.7 Å². The lowest BCUT2D eigenvalue weighted by molar-refractivity contribution is -0.126. The van der Waals surface area contributed by atoms with Crippen LogP contribution in [-0.4, -0.2) is 96.2 Å². The lowest BCUT2D eigenvalue weighted by Gasteiger charge is -2.37. The highest BCUT2D eigenvalue weighted by Gasteiger charge is 2.53. The Balaban J connectivity index is 1.38. The van der Waals surface area contributed by atoms with Gasteiger partial charge in [-0.05, 0) is 26.1 Å². The fourth-order valence-corrected chi connectivity index (χ4v) is 7.49. The van der Waals surface area contributed by atoms with Gasteiger partial charge in [0.05, 0.1) is 11.0 Å². The van der Waals surface area contributed by atoms with E-state index >= 15 is 8.78 Å². The smallest absolute Gasteiger partial charge is 0.254 e. The predicted molar refractivity (Wildman–Crippen MR) is 159 cm³/mol. The standard InChI is InChI=1S/C29H33F2N9O2S/c1-4-23(41)40-11-9-38(10-12-40)18-13-20(34-22(14-18)39-7-5-37(3)6-8-39)26-35-27(42-36-26)28(2)17-29(30,31)15-21-24(28)19(16-32)25(33)43-21/h4,13-14H,1,5-12,15,17,33H2,2-3H3. The van der Waals surface area contributed by atoms with Crippen molar-refractivity contribution in [3.8, 4) is 17.6 Å². The Kier molecular flexibility index (Phi) is 7.34. The normalized spacial score (nSPS) is 22.3. The fraction of sp³-hybridized carbons (Fsp3) is 0.483. The van der Waals surface area contributed by atoms with Crippen molar-refractivity contribution >= 4 is 33.8 Å². The number of nitrogens with zero attached hydrogens (tertiary/aromatic N) is 8. The van der Waals surface area contributed by atoms with Crippen LogP contribution in [0.5, 0.6) is 0 Å². The lowest BCUT2D eigenvalue weighted by atomic mass is 9.71. The molecule has 43 heavy (non-hydrogen) atoms. The monoisotopic (exact) mass is 609 g/mol. The lowest BCUT2D eigenvalue weighted by Crippen LogP contribution is -2.48. The number of aromatic nitrogens is 3. The Morgan fingerprint density at radius 3 is 2.51 bits per heavy atom. The predicted octanol–water partition coefficient (Wildman–Crippen LogP) is 3.12. The van der Waals surface area contributed by atoms with Gasteiger partial charge in [0, 0.05) is 87.4 Å². The Morgan fingerprint density at radius 1 is 1.14 bits per heavy atom. The molecule has 0 saturated carbocycles. The molecule has 2 N–H and O–H groups in total. The third-order valence-corrected chi connectivity index (χ3v) is 9.60. The number of thiophene rings is 1. The van der Waals surface area contributed by atoms with E-state index < -0.39 is 24.2 Å². The average Bonchev–Trinajstić information content (AvgIpc) is 3.61. The molecule has 0 spiro atoms. The molecule has 1 amide bonds. The minimum atomic E-state index is -3.04. The first kappa shape index (κ1) is 29.0. The van der Waals surface area contributed by atoms with E-state index in [-0.39, 0.29) is 28.2 Å². The number of anilines is 3. The zero-order valence-electron chi connectivity index (χ0n) is 24.1. The van der Waals surface area contributed by atoms with Crippen molar-refractivity contribution in [3.63, 3.8) is 0 Å². The molecule has 3 aromatic rings. The topological polar surface area (TPSA) is 132 Å². The van der Waals surface area contributed by atoms with Crippen molar-refractivity contribution in [2.24, 2.45) is 0 Å². The van der Waals surface area contributed by atoms with E-state index in [1.165, 1.54) is 6.08 Å². The highest BCUT2D eigenvalue weighted by molar-refractivity contribution is 7.16. The summed E-state index contributed by atoms with van der Waals surface area (Å²) in [5.41, 5.74) is 6.62. The summed E-state index contributed by atoms with van der Waals surface area (Å²) in [4.78, 5) is 30.4. The summed E-state index contributed by atoms with van der Waals surface area (Å²) < 4.78 is 35.7. The number of fused-ring (bicyclic) bond motifs is 1. The SMILES string of the molecule is C=CC(=O)N1CCN(c2cc(-c3noc(C4(C)CC(F)(F)Cc5sc(N)c(C#N)c54)n3)nc(N3CCN(C)CC3)c2)CC1. The molecule has 3 aliphatic rings. The van der Waals surface area contributed by atoms with Crippen LogP contribution in [0.4, 0.5) is 25.3 Å². The van der Waals surface area contributed by atoms with Gasteiger partial charge in [0.2, 0.25) is 17.6 Å². The number of nitriles is 1. The van der Waals surface area contributed by atoms with E-state index in [1.807, 2.05) is 12.1 Å². The summed E-state index contributed by atoms with van der Waals surface area (Å²) >= 11 is 1.01. The molecule has 5 heterocycles. The van der Waals surface area contributed by atoms with E-state index in [0.29, 0.717) is 42.3 Å². The Bertz CT molecular complexity index is 1600. The van der Waals surface area contributed by atoms with E-state index in [4.69, 9.17) is 15.2 Å². The van der Waals surface area contributed by atoms with Crippen LogP contribution in [0.1, 0.15) is 35.2 Å². The number of amides is 1. The molecule has 3 aromatic heterocycles. The van der Waals surface area contributed by atoms with Crippen LogP contribution in [0.15, 0.2) is 29.3 Å². The Labute approximate surface area is 252 Å². The molecular formula is C29H33F2N9O2S. The largest absolute Gasteiger partial charge is 0.389 e. The number of hydrogen-bond acceptors (Lipinski definition) is 11. The fourth-order valence-electron chi connectivity index (χ4n) is 6.26. The minimum Gasteiger partial charge on any atom is -0.389 e. The molecule has 0 aromatic carbocycles. The maximum absolute atomic E-state index is 15.0. The van der Waals surface area contributed by atoms with Gasteiger partial charge in [-0.25, -0.2) is 13.8 Å². The number of piperazine rings is 2. The van der Waals surface area contributed by atoms with Gasteiger partial charge in [0.1, 0.15) is 22.6 Å². The van der Waals surface area contributed by atoms with Crippen LogP contribution in [0.2, 0.25) is 0 Å². The van der Waals surface area contributed by atoms with Gasteiger partial charge in [-0.1, -0.05) is 11.7 Å². The average molecular weight is 610 g/mol. The third kappa shape index (κ3) is 5.31. The molecule has 6 rings (SSSR count). The van der Waals surface area contributed by atoms with Gasteiger partial charge >= 0.3 is 0 Å². The molecule has 226 valence electrons. The molecule has 0 radical (unpaired) electrons. The van der Waals surface area contributed by atoms with Gasteiger partial charge in [0.25, 0.3) is 5.92 Å². The molecular weight excluding hydrogens is 576 g/mol.